The zero-order valence-electron chi connectivity index (χ0n) is 12.4. The van der Waals surface area contributed by atoms with Crippen molar-refractivity contribution in [2.75, 3.05) is 0 Å². The maximum absolute atomic E-state index is 12.3. The van der Waals surface area contributed by atoms with Gasteiger partial charge in [0.1, 0.15) is 10.9 Å². The average Bonchev–Trinajstić information content (AvgIpc) is 2.90. The van der Waals surface area contributed by atoms with E-state index in [1.165, 1.54) is 0 Å². The molecular weight excluding hydrogens is 288 g/mol. The molecule has 1 atom stereocenters. The molecule has 112 valence electrons. The van der Waals surface area contributed by atoms with Crippen LogP contribution in [0.5, 0.6) is 0 Å². The highest BCUT2D eigenvalue weighted by molar-refractivity contribution is 6.29. The Balaban J connectivity index is 2.06. The molecule has 1 N–H and O–H groups in total. The summed E-state index contributed by atoms with van der Waals surface area (Å²) in [5.41, 5.74) is 1.34. The molecule has 2 rings (SSSR count). The number of carbonyl (C=O) groups excluding carboxylic acids is 1. The average molecular weight is 307 g/mol. The number of hydrogen-bond donors (Lipinski definition) is 1. The Labute approximate surface area is 129 Å². The molecule has 21 heavy (non-hydrogen) atoms. The minimum Gasteiger partial charge on any atom is -0.469 e. The predicted octanol–water partition coefficient (Wildman–Crippen LogP) is 3.81. The highest BCUT2D eigenvalue weighted by Crippen LogP contribution is 2.18. The molecule has 5 heteroatoms. The molecule has 0 spiro atoms. The summed E-state index contributed by atoms with van der Waals surface area (Å²) in [5, 5.41) is 3.28. The van der Waals surface area contributed by atoms with Gasteiger partial charge in [-0.25, -0.2) is 4.98 Å². The summed E-state index contributed by atoms with van der Waals surface area (Å²) < 4.78 is 5.28. The van der Waals surface area contributed by atoms with Crippen LogP contribution < -0.4 is 5.32 Å². The first-order valence-electron chi connectivity index (χ1n) is 6.96. The highest BCUT2D eigenvalue weighted by Gasteiger charge is 2.14. The van der Waals surface area contributed by atoms with E-state index in [-0.39, 0.29) is 17.9 Å². The van der Waals surface area contributed by atoms with Gasteiger partial charge in [-0.3, -0.25) is 4.79 Å². The van der Waals surface area contributed by atoms with Crippen LogP contribution in [0.4, 0.5) is 0 Å². The van der Waals surface area contributed by atoms with E-state index in [0.29, 0.717) is 17.1 Å². The van der Waals surface area contributed by atoms with Gasteiger partial charge in [-0.15, -0.1) is 0 Å². The molecule has 0 aliphatic rings. The number of nitrogens with one attached hydrogen (secondary N) is 1. The van der Waals surface area contributed by atoms with E-state index < -0.39 is 0 Å². The van der Waals surface area contributed by atoms with Crippen molar-refractivity contribution in [3.8, 4) is 0 Å². The maximum atomic E-state index is 12.3. The molecule has 0 aliphatic carbocycles. The Bertz CT molecular complexity index is 609. The van der Waals surface area contributed by atoms with Gasteiger partial charge in [-0.1, -0.05) is 25.4 Å². The quantitative estimate of drug-likeness (QED) is 0.855. The highest BCUT2D eigenvalue weighted by atomic mass is 35.5. The van der Waals surface area contributed by atoms with E-state index in [1.54, 1.807) is 18.4 Å². The van der Waals surface area contributed by atoms with Crippen molar-refractivity contribution in [2.45, 2.75) is 39.2 Å². The second-order valence-electron chi connectivity index (χ2n) is 5.42. The molecule has 0 saturated carbocycles. The normalized spacial score (nSPS) is 12.4. The third-order valence-corrected chi connectivity index (χ3v) is 3.33. The summed E-state index contributed by atoms with van der Waals surface area (Å²) in [6.45, 7) is 5.96. The number of rotatable bonds is 5. The largest absolute Gasteiger partial charge is 0.469 e. The van der Waals surface area contributed by atoms with Crippen molar-refractivity contribution in [1.82, 2.24) is 10.3 Å². The third kappa shape index (κ3) is 4.33. The first-order valence-corrected chi connectivity index (χ1v) is 7.34. The fraction of sp³-hybridized carbons (Fsp3) is 0.375. The topological polar surface area (TPSA) is 55.1 Å². The fourth-order valence-corrected chi connectivity index (χ4v) is 2.25. The number of halogens is 1. The van der Waals surface area contributed by atoms with Gasteiger partial charge in [0.2, 0.25) is 0 Å². The van der Waals surface area contributed by atoms with Crippen molar-refractivity contribution < 1.29 is 9.21 Å². The van der Waals surface area contributed by atoms with E-state index in [0.717, 1.165) is 11.5 Å². The van der Waals surface area contributed by atoms with Gasteiger partial charge in [0.25, 0.3) is 5.91 Å². The molecule has 1 unspecified atom stereocenters. The summed E-state index contributed by atoms with van der Waals surface area (Å²) in [4.78, 5) is 16.5. The van der Waals surface area contributed by atoms with Gasteiger partial charge in [0.05, 0.1) is 6.26 Å². The summed E-state index contributed by atoms with van der Waals surface area (Å²) >= 11 is 5.98. The SMILES string of the molecule is CC(Cc1ccco1)NC(=O)c1cc(Cl)nc(C(C)C)c1. The van der Waals surface area contributed by atoms with Crippen LogP contribution in [0.3, 0.4) is 0 Å². The lowest BCUT2D eigenvalue weighted by Crippen LogP contribution is -2.34. The zero-order chi connectivity index (χ0) is 15.4. The molecule has 1 amide bonds. The van der Waals surface area contributed by atoms with Gasteiger partial charge < -0.3 is 9.73 Å². The number of amides is 1. The van der Waals surface area contributed by atoms with Gasteiger partial charge >= 0.3 is 0 Å². The second-order valence-corrected chi connectivity index (χ2v) is 5.80. The zero-order valence-corrected chi connectivity index (χ0v) is 13.1. The van der Waals surface area contributed by atoms with E-state index in [4.69, 9.17) is 16.0 Å². The molecule has 0 radical (unpaired) electrons. The minimum atomic E-state index is -0.153. The van der Waals surface area contributed by atoms with Crippen molar-refractivity contribution in [1.29, 1.82) is 0 Å². The number of carbonyl (C=O) groups is 1. The lowest BCUT2D eigenvalue weighted by molar-refractivity contribution is 0.0939. The molecule has 0 aliphatic heterocycles. The van der Waals surface area contributed by atoms with E-state index >= 15 is 0 Å². The van der Waals surface area contributed by atoms with Crippen LogP contribution in [0.15, 0.2) is 34.9 Å². The lowest BCUT2D eigenvalue weighted by atomic mass is 10.1. The molecule has 0 fully saturated rings. The first-order chi connectivity index (χ1) is 9.95. The van der Waals surface area contributed by atoms with Gasteiger partial charge in [0.15, 0.2) is 0 Å². The van der Waals surface area contributed by atoms with Crippen LogP contribution in [-0.2, 0) is 6.42 Å². The minimum absolute atomic E-state index is 0.0295. The van der Waals surface area contributed by atoms with Gasteiger partial charge in [-0.2, -0.15) is 0 Å². The van der Waals surface area contributed by atoms with Crippen LogP contribution in [0, 0.1) is 0 Å². The van der Waals surface area contributed by atoms with Crippen LogP contribution in [-0.4, -0.2) is 16.9 Å². The summed E-state index contributed by atoms with van der Waals surface area (Å²) in [7, 11) is 0. The Hall–Kier alpha value is -1.81. The van der Waals surface area contributed by atoms with Crippen molar-refractivity contribution in [2.24, 2.45) is 0 Å². The summed E-state index contributed by atoms with van der Waals surface area (Å²) in [6, 6.07) is 7.07. The maximum Gasteiger partial charge on any atom is 0.251 e. The Kier molecular flexibility index (Phi) is 5.02. The van der Waals surface area contributed by atoms with E-state index in [1.807, 2.05) is 32.9 Å². The molecule has 0 bridgehead atoms. The number of pyridine rings is 1. The summed E-state index contributed by atoms with van der Waals surface area (Å²) in [5.74, 6) is 0.912. The number of nitrogens with zero attached hydrogens (tertiary/aromatic N) is 1. The number of hydrogen-bond acceptors (Lipinski definition) is 3. The fourth-order valence-electron chi connectivity index (χ4n) is 2.03. The van der Waals surface area contributed by atoms with Crippen LogP contribution >= 0.6 is 11.6 Å². The smallest absolute Gasteiger partial charge is 0.251 e. The lowest BCUT2D eigenvalue weighted by Gasteiger charge is -2.14. The Morgan fingerprint density at radius 1 is 1.38 bits per heavy atom. The monoisotopic (exact) mass is 306 g/mol. The van der Waals surface area contributed by atoms with Crippen LogP contribution in [0.1, 0.15) is 48.5 Å². The predicted molar refractivity (Wildman–Crippen MR) is 82.7 cm³/mol. The van der Waals surface area contributed by atoms with Gasteiger partial charge in [-0.05, 0) is 37.1 Å². The molecule has 0 aromatic carbocycles. The Morgan fingerprint density at radius 2 is 2.14 bits per heavy atom. The van der Waals surface area contributed by atoms with Crippen molar-refractivity contribution >= 4 is 17.5 Å². The first kappa shape index (κ1) is 15.6. The Morgan fingerprint density at radius 3 is 2.76 bits per heavy atom. The van der Waals surface area contributed by atoms with Crippen molar-refractivity contribution in [3.63, 3.8) is 0 Å². The molecule has 0 saturated heterocycles. The number of aromatic nitrogens is 1. The molecule has 2 heterocycles. The van der Waals surface area contributed by atoms with Crippen LogP contribution in [0.2, 0.25) is 5.15 Å². The van der Waals surface area contributed by atoms with Gasteiger partial charge in [0, 0.05) is 23.7 Å². The molecule has 4 nitrogen and oxygen atoms in total. The summed E-state index contributed by atoms with van der Waals surface area (Å²) in [6.07, 6.45) is 2.27. The molecule has 2 aromatic heterocycles. The number of furan rings is 1. The molecule has 2 aromatic rings. The van der Waals surface area contributed by atoms with Crippen LogP contribution in [0.25, 0.3) is 0 Å². The molecular formula is C16H19ClN2O2. The van der Waals surface area contributed by atoms with E-state index in [9.17, 15) is 4.79 Å². The van der Waals surface area contributed by atoms with E-state index in [2.05, 4.69) is 10.3 Å². The second kappa shape index (κ2) is 6.76. The third-order valence-electron chi connectivity index (χ3n) is 3.13. The standard InChI is InChI=1S/C16H19ClN2O2/c1-10(2)14-8-12(9-15(17)19-14)16(20)18-11(3)7-13-5-4-6-21-13/h4-6,8-11H,7H2,1-3H3,(H,18,20). The van der Waals surface area contributed by atoms with Crippen molar-refractivity contribution in [3.05, 3.63) is 52.7 Å².